The lowest BCUT2D eigenvalue weighted by molar-refractivity contribution is 0.0991. The molecule has 23 heavy (non-hydrogen) atoms. The van der Waals surface area contributed by atoms with E-state index in [1.54, 1.807) is 0 Å². The van der Waals surface area contributed by atoms with E-state index in [-0.39, 0.29) is 22.8 Å². The highest BCUT2D eigenvalue weighted by Gasteiger charge is 2.18. The predicted octanol–water partition coefficient (Wildman–Crippen LogP) is 2.64. The van der Waals surface area contributed by atoms with Crippen LogP contribution in [0.5, 0.6) is 11.5 Å². The van der Waals surface area contributed by atoms with Crippen molar-refractivity contribution in [3.05, 3.63) is 60.3 Å². The zero-order valence-corrected chi connectivity index (χ0v) is 11.6. The van der Waals surface area contributed by atoms with Gasteiger partial charge in [0, 0.05) is 18.0 Å². The topological polar surface area (TPSA) is 93.9 Å². The van der Waals surface area contributed by atoms with Crippen LogP contribution in [0.2, 0.25) is 0 Å². The van der Waals surface area contributed by atoms with E-state index in [4.69, 9.17) is 10.5 Å². The van der Waals surface area contributed by atoms with Gasteiger partial charge in [-0.2, -0.15) is 4.39 Å². The summed E-state index contributed by atoms with van der Waals surface area (Å²) in [4.78, 5) is 21.0. The van der Waals surface area contributed by atoms with Gasteiger partial charge in [0.05, 0.1) is 11.9 Å². The van der Waals surface area contributed by atoms with Gasteiger partial charge in [-0.05, 0) is 24.3 Å². The lowest BCUT2D eigenvalue weighted by Crippen LogP contribution is -2.12. The molecule has 3 aromatic rings. The summed E-state index contributed by atoms with van der Waals surface area (Å²) >= 11 is 0. The summed E-state index contributed by atoms with van der Waals surface area (Å²) in [6.07, 6.45) is 4.13. The van der Waals surface area contributed by atoms with Crippen molar-refractivity contribution >= 4 is 5.91 Å². The lowest BCUT2D eigenvalue weighted by Gasteiger charge is -2.09. The Morgan fingerprint density at radius 1 is 1.13 bits per heavy atom. The number of aromatic amines is 1. The third-order valence-corrected chi connectivity index (χ3v) is 3.02. The minimum absolute atomic E-state index is 0.0930. The van der Waals surface area contributed by atoms with Crippen LogP contribution < -0.4 is 10.5 Å². The molecule has 0 aliphatic carbocycles. The third kappa shape index (κ3) is 2.86. The Hall–Kier alpha value is -3.29. The number of amides is 1. The fourth-order valence-electron chi connectivity index (χ4n) is 1.94. The fourth-order valence-corrected chi connectivity index (χ4v) is 1.94. The van der Waals surface area contributed by atoms with Crippen LogP contribution in [0.1, 0.15) is 10.6 Å². The fraction of sp³-hybridized carbons (Fsp3) is 0. The first-order chi connectivity index (χ1) is 11.1. The van der Waals surface area contributed by atoms with E-state index in [1.807, 2.05) is 0 Å². The summed E-state index contributed by atoms with van der Waals surface area (Å²) in [5, 5.41) is 0. The van der Waals surface area contributed by atoms with Crippen LogP contribution in [0.15, 0.2) is 42.9 Å². The molecular weight excluding hydrogens is 306 g/mol. The maximum absolute atomic E-state index is 14.2. The van der Waals surface area contributed by atoms with Gasteiger partial charge >= 0.3 is 0 Å². The van der Waals surface area contributed by atoms with Crippen LogP contribution in [-0.2, 0) is 0 Å². The molecule has 0 atom stereocenters. The molecule has 0 bridgehead atoms. The van der Waals surface area contributed by atoms with Crippen LogP contribution in [0.3, 0.4) is 0 Å². The summed E-state index contributed by atoms with van der Waals surface area (Å²) in [6, 6.07) is 5.62. The normalized spacial score (nSPS) is 10.5. The van der Waals surface area contributed by atoms with Gasteiger partial charge in [-0.25, -0.2) is 9.37 Å². The Morgan fingerprint density at radius 2 is 1.87 bits per heavy atom. The molecule has 3 rings (SSSR count). The molecule has 8 heteroatoms. The van der Waals surface area contributed by atoms with Crippen molar-refractivity contribution < 1.29 is 18.3 Å². The summed E-state index contributed by atoms with van der Waals surface area (Å²) in [5.74, 6) is -3.17. The maximum atomic E-state index is 14.2. The standard InChI is InChI=1S/C15H10F2N4O2/c16-12-9(10-7-20-15(21-10)14(18)22)1-2-11(13(12)17)23-8-3-5-19-6-4-8/h1-7H,(H2,18,22)(H,20,21). The smallest absolute Gasteiger partial charge is 0.284 e. The number of carbonyl (C=O) groups is 1. The molecule has 6 nitrogen and oxygen atoms in total. The van der Waals surface area contributed by atoms with Gasteiger partial charge in [-0.3, -0.25) is 9.78 Å². The molecule has 0 aliphatic heterocycles. The van der Waals surface area contributed by atoms with E-state index in [9.17, 15) is 13.6 Å². The highest BCUT2D eigenvalue weighted by molar-refractivity contribution is 5.89. The SMILES string of the molecule is NC(=O)c1ncc(-c2ccc(Oc3ccncc3)c(F)c2F)[nH]1. The molecule has 0 saturated carbocycles. The van der Waals surface area contributed by atoms with E-state index in [2.05, 4.69) is 15.0 Å². The van der Waals surface area contributed by atoms with Gasteiger partial charge in [0.15, 0.2) is 17.4 Å². The van der Waals surface area contributed by atoms with Gasteiger partial charge in [-0.15, -0.1) is 0 Å². The van der Waals surface area contributed by atoms with Crippen LogP contribution in [0.25, 0.3) is 11.3 Å². The van der Waals surface area contributed by atoms with Gasteiger partial charge in [0.25, 0.3) is 5.91 Å². The number of rotatable bonds is 4. The molecule has 0 spiro atoms. The van der Waals surface area contributed by atoms with Crippen molar-refractivity contribution in [3.8, 4) is 22.8 Å². The quantitative estimate of drug-likeness (QED) is 0.773. The van der Waals surface area contributed by atoms with E-state index in [0.717, 1.165) is 0 Å². The van der Waals surface area contributed by atoms with Crippen LogP contribution in [0, 0.1) is 11.6 Å². The number of pyridine rings is 1. The summed E-state index contributed by atoms with van der Waals surface area (Å²) in [5.41, 5.74) is 5.09. The number of nitrogens with one attached hydrogen (secondary N) is 1. The Bertz CT molecular complexity index is 865. The predicted molar refractivity (Wildman–Crippen MR) is 76.8 cm³/mol. The van der Waals surface area contributed by atoms with Crippen LogP contribution in [0.4, 0.5) is 8.78 Å². The first-order valence-electron chi connectivity index (χ1n) is 6.47. The Morgan fingerprint density at radius 3 is 2.52 bits per heavy atom. The number of hydrogen-bond donors (Lipinski definition) is 2. The number of aromatic nitrogens is 3. The largest absolute Gasteiger partial charge is 0.454 e. The zero-order chi connectivity index (χ0) is 16.4. The molecule has 0 unspecified atom stereocenters. The molecule has 1 aromatic carbocycles. The van der Waals surface area contributed by atoms with Crippen molar-refractivity contribution in [1.29, 1.82) is 0 Å². The molecule has 0 fully saturated rings. The molecule has 0 aliphatic rings. The first-order valence-corrected chi connectivity index (χ1v) is 6.47. The average molecular weight is 316 g/mol. The number of carbonyl (C=O) groups excluding carboxylic acids is 1. The summed E-state index contributed by atoms with van der Waals surface area (Å²) in [7, 11) is 0. The number of benzene rings is 1. The van der Waals surface area contributed by atoms with Crippen LogP contribution in [-0.4, -0.2) is 20.9 Å². The van der Waals surface area contributed by atoms with Crippen molar-refractivity contribution in [1.82, 2.24) is 15.0 Å². The molecular formula is C15H10F2N4O2. The van der Waals surface area contributed by atoms with Gasteiger partial charge in [-0.1, -0.05) is 0 Å². The Kier molecular flexibility index (Phi) is 3.71. The number of ether oxygens (including phenoxy) is 1. The third-order valence-electron chi connectivity index (χ3n) is 3.02. The molecule has 2 heterocycles. The second-order valence-electron chi connectivity index (χ2n) is 4.53. The van der Waals surface area contributed by atoms with Gasteiger partial charge in [0.1, 0.15) is 5.75 Å². The molecule has 2 aromatic heterocycles. The highest BCUT2D eigenvalue weighted by Crippen LogP contribution is 2.31. The van der Waals surface area contributed by atoms with E-state index >= 15 is 0 Å². The number of imidazole rings is 1. The Balaban J connectivity index is 1.95. The highest BCUT2D eigenvalue weighted by atomic mass is 19.2. The number of H-pyrrole nitrogens is 1. The number of nitrogens with zero attached hydrogens (tertiary/aromatic N) is 2. The minimum Gasteiger partial charge on any atom is -0.454 e. The minimum atomic E-state index is -1.16. The number of primary amides is 1. The zero-order valence-electron chi connectivity index (χ0n) is 11.6. The molecule has 1 amide bonds. The number of nitrogens with two attached hydrogens (primary N) is 1. The van der Waals surface area contributed by atoms with E-state index < -0.39 is 17.5 Å². The second kappa shape index (κ2) is 5.84. The van der Waals surface area contributed by atoms with E-state index in [1.165, 1.54) is 42.9 Å². The average Bonchev–Trinajstić information content (AvgIpc) is 3.03. The second-order valence-corrected chi connectivity index (χ2v) is 4.53. The Labute approximate surface area is 129 Å². The number of hydrogen-bond acceptors (Lipinski definition) is 4. The van der Waals surface area contributed by atoms with Gasteiger partial charge < -0.3 is 15.5 Å². The van der Waals surface area contributed by atoms with Crippen molar-refractivity contribution in [3.63, 3.8) is 0 Å². The molecule has 0 saturated heterocycles. The monoisotopic (exact) mass is 316 g/mol. The van der Waals surface area contributed by atoms with Gasteiger partial charge in [0.2, 0.25) is 5.82 Å². The maximum Gasteiger partial charge on any atom is 0.284 e. The first kappa shape index (κ1) is 14.6. The van der Waals surface area contributed by atoms with Crippen LogP contribution >= 0.6 is 0 Å². The molecule has 116 valence electrons. The summed E-state index contributed by atoms with van der Waals surface area (Å²) in [6.45, 7) is 0. The van der Waals surface area contributed by atoms with Crippen molar-refractivity contribution in [2.24, 2.45) is 5.73 Å². The summed E-state index contributed by atoms with van der Waals surface area (Å²) < 4.78 is 33.7. The number of halogens is 2. The van der Waals surface area contributed by atoms with Crippen molar-refractivity contribution in [2.45, 2.75) is 0 Å². The lowest BCUT2D eigenvalue weighted by atomic mass is 10.1. The van der Waals surface area contributed by atoms with Crippen molar-refractivity contribution in [2.75, 3.05) is 0 Å². The molecule has 3 N–H and O–H groups in total. The van der Waals surface area contributed by atoms with E-state index in [0.29, 0.717) is 5.75 Å². The molecule has 0 radical (unpaired) electrons.